The van der Waals surface area contributed by atoms with Gasteiger partial charge in [-0.05, 0) is 31.2 Å². The highest BCUT2D eigenvalue weighted by molar-refractivity contribution is 7.89. The molecule has 1 fully saturated rings. The molecule has 2 atom stereocenters. The van der Waals surface area contributed by atoms with Gasteiger partial charge in [0.25, 0.3) is 10.0 Å². The van der Waals surface area contributed by atoms with Crippen LogP contribution in [0.25, 0.3) is 0 Å². The Morgan fingerprint density at radius 3 is 2.50 bits per heavy atom. The van der Waals surface area contributed by atoms with Gasteiger partial charge in [-0.2, -0.15) is 0 Å². The first-order valence-corrected chi connectivity index (χ1v) is 9.67. The number of carbonyl (C=O) groups is 1. The van der Waals surface area contributed by atoms with Crippen LogP contribution in [-0.2, 0) is 25.6 Å². The van der Waals surface area contributed by atoms with E-state index in [9.17, 15) is 17.4 Å². The lowest BCUT2D eigenvalue weighted by molar-refractivity contribution is -0.114. The van der Waals surface area contributed by atoms with Crippen LogP contribution in [0.5, 0.6) is 0 Å². The zero-order chi connectivity index (χ0) is 16.3. The number of amides is 1. The van der Waals surface area contributed by atoms with Crippen LogP contribution in [0.2, 0.25) is 0 Å². The van der Waals surface area contributed by atoms with Crippen molar-refractivity contribution in [2.45, 2.75) is 24.0 Å². The molecule has 1 aliphatic rings. The van der Waals surface area contributed by atoms with Crippen LogP contribution < -0.4 is 10.1 Å². The number of sulfonamides is 1. The van der Waals surface area contributed by atoms with Crippen molar-refractivity contribution >= 4 is 32.4 Å². The lowest BCUT2D eigenvalue weighted by Crippen LogP contribution is -2.51. The molecule has 2 N–H and O–H groups in total. The first kappa shape index (κ1) is 17.1. The van der Waals surface area contributed by atoms with Crippen LogP contribution in [-0.4, -0.2) is 47.6 Å². The smallest absolute Gasteiger partial charge is 0.253 e. The number of benzene rings is 1. The predicted molar refractivity (Wildman–Crippen MR) is 85.1 cm³/mol. The summed E-state index contributed by atoms with van der Waals surface area (Å²) in [4.78, 5) is 13.6. The number of nitrogens with zero attached hydrogens (tertiary/aromatic N) is 1. The molecule has 1 aromatic rings. The zero-order valence-electron chi connectivity index (χ0n) is 12.4. The zero-order valence-corrected chi connectivity index (χ0v) is 14.0. The molecule has 0 aliphatic carbocycles. The van der Waals surface area contributed by atoms with Crippen molar-refractivity contribution in [2.24, 2.45) is 0 Å². The average Bonchev–Trinajstić information content (AvgIpc) is 2.42. The summed E-state index contributed by atoms with van der Waals surface area (Å²) >= 11 is 0. The molecule has 1 aliphatic heterocycles. The molecule has 0 aromatic heterocycles. The van der Waals surface area contributed by atoms with Crippen LogP contribution in [0.4, 0.5) is 5.69 Å². The molecule has 1 amide bonds. The fourth-order valence-corrected chi connectivity index (χ4v) is 4.37. The highest BCUT2D eigenvalue weighted by Gasteiger charge is 2.26. The fourth-order valence-electron chi connectivity index (χ4n) is 2.11. The molecule has 9 heteroatoms. The van der Waals surface area contributed by atoms with Crippen molar-refractivity contribution in [3.05, 3.63) is 24.3 Å². The Morgan fingerprint density at radius 1 is 1.32 bits per heavy atom. The molecule has 7 nitrogen and oxygen atoms in total. The van der Waals surface area contributed by atoms with Gasteiger partial charge in [-0.3, -0.25) is 9.00 Å². The topological polar surface area (TPSA) is 95.6 Å². The molecule has 0 spiro atoms. The van der Waals surface area contributed by atoms with Crippen molar-refractivity contribution in [1.82, 2.24) is 9.84 Å². The van der Waals surface area contributed by atoms with E-state index in [2.05, 4.69) is 10.1 Å². The second-order valence-corrected chi connectivity index (χ2v) is 8.78. The summed E-state index contributed by atoms with van der Waals surface area (Å²) < 4.78 is 36.2. The maximum absolute atomic E-state index is 12.3. The Morgan fingerprint density at radius 2 is 1.95 bits per heavy atom. The van der Waals surface area contributed by atoms with Crippen molar-refractivity contribution in [3.8, 4) is 0 Å². The summed E-state index contributed by atoms with van der Waals surface area (Å²) in [6.45, 7) is 4.04. The number of rotatable bonds is 4. The average molecular weight is 345 g/mol. The molecule has 1 aromatic carbocycles. The largest absolute Gasteiger partial charge is 0.326 e. The van der Waals surface area contributed by atoms with Gasteiger partial charge in [0, 0.05) is 47.5 Å². The van der Waals surface area contributed by atoms with E-state index in [1.54, 1.807) is 5.01 Å². The van der Waals surface area contributed by atoms with Gasteiger partial charge in [-0.15, -0.1) is 4.83 Å². The van der Waals surface area contributed by atoms with Gasteiger partial charge >= 0.3 is 0 Å². The summed E-state index contributed by atoms with van der Waals surface area (Å²) in [5, 5.41) is 4.08. The molecular weight excluding hydrogens is 326 g/mol. The predicted octanol–water partition coefficient (Wildman–Crippen LogP) is 0.291. The number of anilines is 1. The number of hydrogen-bond acceptors (Lipinski definition) is 5. The molecule has 2 unspecified atom stereocenters. The van der Waals surface area contributed by atoms with Gasteiger partial charge in [-0.25, -0.2) is 13.4 Å². The second-order valence-electron chi connectivity index (χ2n) is 5.14. The van der Waals surface area contributed by atoms with Crippen LogP contribution in [0, 0.1) is 0 Å². The number of hydrazine groups is 1. The normalized spacial score (nSPS) is 23.2. The fraction of sp³-hybridized carbons (Fsp3) is 0.462. The van der Waals surface area contributed by atoms with Gasteiger partial charge in [0.2, 0.25) is 5.91 Å². The lowest BCUT2D eigenvalue weighted by atomic mass is 10.3. The van der Waals surface area contributed by atoms with Gasteiger partial charge < -0.3 is 5.32 Å². The molecule has 22 heavy (non-hydrogen) atoms. The standard InChI is InChI=1S/C13H19N3O4S2/c1-10-9-16(7-8-21(10)18)15-22(19,20)13-5-3-12(4-6-13)14-11(2)17/h3-6,10,15H,7-9H2,1-2H3,(H,14,17). The van der Waals surface area contributed by atoms with E-state index in [4.69, 9.17) is 0 Å². The first-order valence-electron chi connectivity index (χ1n) is 6.80. The van der Waals surface area contributed by atoms with E-state index in [-0.39, 0.29) is 16.1 Å². The molecular formula is C13H19N3O4S2. The third kappa shape index (κ3) is 4.35. The van der Waals surface area contributed by atoms with E-state index in [0.717, 1.165) is 0 Å². The van der Waals surface area contributed by atoms with E-state index in [1.807, 2.05) is 6.92 Å². The number of nitrogens with one attached hydrogen (secondary N) is 2. The second kappa shape index (κ2) is 6.86. The maximum Gasteiger partial charge on any atom is 0.253 e. The van der Waals surface area contributed by atoms with Crippen molar-refractivity contribution < 1.29 is 17.4 Å². The SMILES string of the molecule is CC(=O)Nc1ccc(S(=O)(=O)NN2CCS(=O)C(C)C2)cc1. The third-order valence-corrected chi connectivity index (χ3v) is 6.25. The first-order chi connectivity index (χ1) is 10.3. The van der Waals surface area contributed by atoms with Crippen molar-refractivity contribution in [1.29, 1.82) is 0 Å². The monoisotopic (exact) mass is 345 g/mol. The minimum Gasteiger partial charge on any atom is -0.326 e. The molecule has 1 heterocycles. The van der Waals surface area contributed by atoms with Gasteiger partial charge in [0.05, 0.1) is 4.90 Å². The highest BCUT2D eigenvalue weighted by Crippen LogP contribution is 2.15. The summed E-state index contributed by atoms with van der Waals surface area (Å²) in [7, 11) is -4.59. The highest BCUT2D eigenvalue weighted by atomic mass is 32.2. The summed E-state index contributed by atoms with van der Waals surface area (Å²) in [5.74, 6) is 0.231. The Hall–Kier alpha value is -1.29. The third-order valence-electron chi connectivity index (χ3n) is 3.22. The number of hydrogen-bond donors (Lipinski definition) is 2. The van der Waals surface area contributed by atoms with E-state index < -0.39 is 20.8 Å². The minimum atomic E-state index is -3.68. The number of carbonyl (C=O) groups excluding carboxylic acids is 1. The van der Waals surface area contributed by atoms with E-state index in [0.29, 0.717) is 24.5 Å². The van der Waals surface area contributed by atoms with Gasteiger partial charge in [0.15, 0.2) is 0 Å². The maximum atomic E-state index is 12.3. The van der Waals surface area contributed by atoms with Crippen LogP contribution in [0.15, 0.2) is 29.2 Å². The van der Waals surface area contributed by atoms with Crippen LogP contribution in [0.1, 0.15) is 13.8 Å². The van der Waals surface area contributed by atoms with E-state index in [1.165, 1.54) is 31.2 Å². The van der Waals surface area contributed by atoms with Crippen molar-refractivity contribution in [3.63, 3.8) is 0 Å². The quantitative estimate of drug-likeness (QED) is 0.818. The molecule has 0 saturated carbocycles. The Bertz CT molecular complexity index is 673. The minimum absolute atomic E-state index is 0.0707. The molecule has 0 bridgehead atoms. The Kier molecular flexibility index (Phi) is 5.32. The van der Waals surface area contributed by atoms with Gasteiger partial charge in [-0.1, -0.05) is 0 Å². The van der Waals surface area contributed by atoms with Crippen LogP contribution in [0.3, 0.4) is 0 Å². The Balaban J connectivity index is 2.07. The Labute approximate surface area is 132 Å². The molecule has 0 radical (unpaired) electrons. The molecule has 122 valence electrons. The summed E-state index contributed by atoms with van der Waals surface area (Å²) in [6, 6.07) is 5.92. The lowest BCUT2D eigenvalue weighted by Gasteiger charge is -2.30. The van der Waals surface area contributed by atoms with Gasteiger partial charge in [0.1, 0.15) is 0 Å². The summed E-state index contributed by atoms with van der Waals surface area (Å²) in [6.07, 6.45) is 0. The summed E-state index contributed by atoms with van der Waals surface area (Å²) in [5.41, 5.74) is 0.536. The van der Waals surface area contributed by atoms with Crippen LogP contribution >= 0.6 is 0 Å². The van der Waals surface area contributed by atoms with Crippen molar-refractivity contribution in [2.75, 3.05) is 24.2 Å². The molecule has 2 rings (SSSR count). The molecule has 1 saturated heterocycles. The van der Waals surface area contributed by atoms with E-state index >= 15 is 0 Å².